The van der Waals surface area contributed by atoms with Gasteiger partial charge >= 0.3 is 0 Å². The van der Waals surface area contributed by atoms with Crippen molar-refractivity contribution < 1.29 is 0 Å². The maximum Gasteiger partial charge on any atom is 0.128 e. The summed E-state index contributed by atoms with van der Waals surface area (Å²) >= 11 is 5.56. The highest BCUT2D eigenvalue weighted by Gasteiger charge is 2.24. The number of aromatic nitrogens is 1. The molecule has 0 amide bonds. The fraction of sp³-hybridized carbons (Fsp3) is 0.368. The predicted molar refractivity (Wildman–Crippen MR) is 105 cm³/mol. The number of rotatable bonds is 4. The van der Waals surface area contributed by atoms with Gasteiger partial charge in [0.25, 0.3) is 0 Å². The number of nitrogens with zero attached hydrogens (tertiary/aromatic N) is 3. The molecule has 0 bridgehead atoms. The molecule has 3 rings (SSSR count). The van der Waals surface area contributed by atoms with Gasteiger partial charge in [-0.2, -0.15) is 0 Å². The largest absolute Gasteiger partial charge is 0.354 e. The van der Waals surface area contributed by atoms with Crippen LogP contribution in [0.25, 0.3) is 0 Å². The molecule has 0 aliphatic carbocycles. The molecule has 5 heteroatoms. The Morgan fingerprint density at radius 1 is 1.25 bits per heavy atom. The number of pyridine rings is 1. The first-order valence-corrected chi connectivity index (χ1v) is 8.79. The highest BCUT2D eigenvalue weighted by Crippen LogP contribution is 2.17. The number of anilines is 2. The average molecular weight is 340 g/mol. The van der Waals surface area contributed by atoms with E-state index in [-0.39, 0.29) is 0 Å². The SMILES string of the molecule is Cc1cccc(NC(=S)CN2CCN(c3ccccn3)C[C@@H]2C)c1. The molecule has 2 aromatic rings. The quantitative estimate of drug-likeness (QED) is 0.863. The second-order valence-electron chi connectivity index (χ2n) is 6.37. The molecule has 1 aromatic carbocycles. The van der Waals surface area contributed by atoms with Gasteiger partial charge in [0, 0.05) is 44.1 Å². The first-order chi connectivity index (χ1) is 11.6. The molecule has 0 unspecified atom stereocenters. The topological polar surface area (TPSA) is 31.4 Å². The molecule has 1 N–H and O–H groups in total. The van der Waals surface area contributed by atoms with Gasteiger partial charge in [0.15, 0.2) is 0 Å². The molecule has 1 saturated heterocycles. The molecule has 1 atom stereocenters. The van der Waals surface area contributed by atoms with E-state index in [1.165, 1.54) is 5.56 Å². The minimum Gasteiger partial charge on any atom is -0.354 e. The summed E-state index contributed by atoms with van der Waals surface area (Å²) in [5.74, 6) is 1.06. The molecule has 0 saturated carbocycles. The molecule has 0 spiro atoms. The second kappa shape index (κ2) is 7.73. The standard InChI is InChI=1S/C19H24N4S/c1-15-6-5-7-17(12-15)21-19(24)14-22-10-11-23(13-16(22)2)18-8-3-4-9-20-18/h3-9,12,16H,10-11,13-14H2,1-2H3,(H,21,24)/t16-/m0/s1. The highest BCUT2D eigenvalue weighted by molar-refractivity contribution is 7.80. The van der Waals surface area contributed by atoms with Crippen molar-refractivity contribution in [2.45, 2.75) is 19.9 Å². The molecule has 1 aliphatic rings. The molecular formula is C19H24N4S. The zero-order chi connectivity index (χ0) is 16.9. The van der Waals surface area contributed by atoms with E-state index >= 15 is 0 Å². The molecule has 1 fully saturated rings. The lowest BCUT2D eigenvalue weighted by Crippen LogP contribution is -2.53. The number of nitrogens with one attached hydrogen (secondary N) is 1. The van der Waals surface area contributed by atoms with E-state index in [4.69, 9.17) is 12.2 Å². The van der Waals surface area contributed by atoms with Crippen molar-refractivity contribution in [2.75, 3.05) is 36.4 Å². The lowest BCUT2D eigenvalue weighted by atomic mass is 10.2. The zero-order valence-electron chi connectivity index (χ0n) is 14.3. The van der Waals surface area contributed by atoms with Crippen molar-refractivity contribution in [1.82, 2.24) is 9.88 Å². The van der Waals surface area contributed by atoms with E-state index in [0.29, 0.717) is 6.04 Å². The van der Waals surface area contributed by atoms with E-state index in [1.807, 2.05) is 18.3 Å². The van der Waals surface area contributed by atoms with Crippen LogP contribution in [0.1, 0.15) is 12.5 Å². The number of hydrogen-bond acceptors (Lipinski definition) is 4. The number of aryl methyl sites for hydroxylation is 1. The van der Waals surface area contributed by atoms with Gasteiger partial charge in [-0.3, -0.25) is 4.90 Å². The number of thiocarbonyl (C=S) groups is 1. The van der Waals surface area contributed by atoms with Gasteiger partial charge in [-0.15, -0.1) is 0 Å². The summed E-state index contributed by atoms with van der Waals surface area (Å²) in [4.78, 5) is 10.1. The van der Waals surface area contributed by atoms with Gasteiger partial charge in [-0.05, 0) is 43.7 Å². The highest BCUT2D eigenvalue weighted by atomic mass is 32.1. The number of piperazine rings is 1. The summed E-state index contributed by atoms with van der Waals surface area (Å²) in [5, 5.41) is 3.36. The minimum absolute atomic E-state index is 0.443. The third-order valence-corrected chi connectivity index (χ3v) is 4.62. The lowest BCUT2D eigenvalue weighted by molar-refractivity contribution is 0.216. The Balaban J connectivity index is 1.54. The van der Waals surface area contributed by atoms with Crippen LogP contribution in [0.4, 0.5) is 11.5 Å². The van der Waals surface area contributed by atoms with Crippen LogP contribution in [0.15, 0.2) is 48.7 Å². The van der Waals surface area contributed by atoms with Gasteiger partial charge in [0.2, 0.25) is 0 Å². The zero-order valence-corrected chi connectivity index (χ0v) is 15.1. The summed E-state index contributed by atoms with van der Waals surface area (Å²) in [6.07, 6.45) is 1.85. The van der Waals surface area contributed by atoms with E-state index < -0.39 is 0 Å². The normalized spacial score (nSPS) is 18.4. The first-order valence-electron chi connectivity index (χ1n) is 8.38. The Kier molecular flexibility index (Phi) is 5.43. The number of benzene rings is 1. The Bertz CT molecular complexity index is 689. The molecule has 4 nitrogen and oxygen atoms in total. The van der Waals surface area contributed by atoms with Crippen LogP contribution in [-0.4, -0.2) is 47.1 Å². The van der Waals surface area contributed by atoms with Crippen LogP contribution in [0.2, 0.25) is 0 Å². The van der Waals surface area contributed by atoms with Gasteiger partial charge in [-0.25, -0.2) is 4.98 Å². The van der Waals surface area contributed by atoms with Gasteiger partial charge in [0.05, 0.1) is 4.99 Å². The smallest absolute Gasteiger partial charge is 0.128 e. The van der Waals surface area contributed by atoms with Crippen LogP contribution in [0.5, 0.6) is 0 Å². The summed E-state index contributed by atoms with van der Waals surface area (Å²) < 4.78 is 0. The van der Waals surface area contributed by atoms with Crippen molar-refractivity contribution in [3.8, 4) is 0 Å². The van der Waals surface area contributed by atoms with E-state index in [0.717, 1.165) is 42.7 Å². The molecule has 24 heavy (non-hydrogen) atoms. The maximum absolute atomic E-state index is 5.56. The van der Waals surface area contributed by atoms with Crippen LogP contribution < -0.4 is 10.2 Å². The van der Waals surface area contributed by atoms with Crippen molar-refractivity contribution in [3.63, 3.8) is 0 Å². The summed E-state index contributed by atoms with van der Waals surface area (Å²) in [5.41, 5.74) is 2.31. The minimum atomic E-state index is 0.443. The van der Waals surface area contributed by atoms with Gasteiger partial charge in [0.1, 0.15) is 5.82 Å². The van der Waals surface area contributed by atoms with E-state index in [2.05, 4.69) is 64.3 Å². The lowest BCUT2D eigenvalue weighted by Gasteiger charge is -2.40. The Hall–Kier alpha value is -1.98. The van der Waals surface area contributed by atoms with Crippen molar-refractivity contribution in [2.24, 2.45) is 0 Å². The average Bonchev–Trinajstić information content (AvgIpc) is 2.57. The first kappa shape index (κ1) is 16.9. The Labute approximate surface area is 149 Å². The summed E-state index contributed by atoms with van der Waals surface area (Å²) in [7, 11) is 0. The van der Waals surface area contributed by atoms with Crippen molar-refractivity contribution in [1.29, 1.82) is 0 Å². The Morgan fingerprint density at radius 2 is 2.12 bits per heavy atom. The van der Waals surface area contributed by atoms with E-state index in [1.54, 1.807) is 0 Å². The van der Waals surface area contributed by atoms with Crippen LogP contribution >= 0.6 is 12.2 Å². The molecule has 126 valence electrons. The second-order valence-corrected chi connectivity index (χ2v) is 6.86. The predicted octanol–water partition coefficient (Wildman–Crippen LogP) is 3.34. The van der Waals surface area contributed by atoms with Crippen LogP contribution in [0.3, 0.4) is 0 Å². The third-order valence-electron chi connectivity index (χ3n) is 4.39. The van der Waals surface area contributed by atoms with Gasteiger partial charge < -0.3 is 10.2 Å². The molecule has 1 aliphatic heterocycles. The molecular weight excluding hydrogens is 316 g/mol. The Morgan fingerprint density at radius 3 is 2.83 bits per heavy atom. The van der Waals surface area contributed by atoms with Crippen LogP contribution in [-0.2, 0) is 0 Å². The fourth-order valence-corrected chi connectivity index (χ4v) is 3.37. The van der Waals surface area contributed by atoms with Crippen molar-refractivity contribution in [3.05, 3.63) is 54.2 Å². The third kappa shape index (κ3) is 4.30. The summed E-state index contributed by atoms with van der Waals surface area (Å²) in [6.45, 7) is 8.09. The van der Waals surface area contributed by atoms with Crippen LogP contribution in [0, 0.1) is 6.92 Å². The van der Waals surface area contributed by atoms with E-state index in [9.17, 15) is 0 Å². The summed E-state index contributed by atoms with van der Waals surface area (Å²) in [6, 6.07) is 14.8. The monoisotopic (exact) mass is 340 g/mol. The molecule has 0 radical (unpaired) electrons. The fourth-order valence-electron chi connectivity index (χ4n) is 3.09. The molecule has 2 heterocycles. The molecule has 1 aromatic heterocycles. The van der Waals surface area contributed by atoms with Gasteiger partial charge in [-0.1, -0.05) is 30.4 Å². The maximum atomic E-state index is 5.56. The number of hydrogen-bond donors (Lipinski definition) is 1. The van der Waals surface area contributed by atoms with Crippen molar-refractivity contribution >= 4 is 28.7 Å².